The van der Waals surface area contributed by atoms with Crippen LogP contribution in [0.3, 0.4) is 0 Å². The van der Waals surface area contributed by atoms with Gasteiger partial charge in [0, 0.05) is 11.1 Å². The van der Waals surface area contributed by atoms with Gasteiger partial charge in [-0.1, -0.05) is 6.92 Å². The van der Waals surface area contributed by atoms with Crippen LogP contribution in [0.4, 0.5) is 0 Å². The molecule has 2 amide bonds. The maximum absolute atomic E-state index is 12.5. The number of hydrazone groups is 2. The van der Waals surface area contributed by atoms with Crippen LogP contribution in [0.5, 0.6) is 34.5 Å². The van der Waals surface area contributed by atoms with E-state index in [4.69, 9.17) is 18.9 Å². The number of ether oxygens (including phenoxy) is 4. The SMILES string of the molecule is CCC(C(=O)N/N=C\c1cc(OC)c(O)c(OC)c1)C(=O)N/N=C\c1cc(OC)c(O)c(OC)c1. The van der Waals surface area contributed by atoms with Gasteiger partial charge in [-0.05, 0) is 30.7 Å². The fourth-order valence-corrected chi connectivity index (χ4v) is 2.96. The lowest BCUT2D eigenvalue weighted by molar-refractivity contribution is -0.135. The molecule has 0 saturated carbocycles. The molecule has 0 spiro atoms. The van der Waals surface area contributed by atoms with Gasteiger partial charge < -0.3 is 29.2 Å². The quantitative estimate of drug-likeness (QED) is 0.211. The fourth-order valence-electron chi connectivity index (χ4n) is 2.96. The molecule has 2 rings (SSSR count). The molecule has 0 aliphatic carbocycles. The highest BCUT2D eigenvalue weighted by atomic mass is 16.5. The van der Waals surface area contributed by atoms with Crippen LogP contribution in [0, 0.1) is 5.92 Å². The second kappa shape index (κ2) is 12.7. The minimum Gasteiger partial charge on any atom is -0.502 e. The van der Waals surface area contributed by atoms with Gasteiger partial charge in [-0.3, -0.25) is 9.59 Å². The van der Waals surface area contributed by atoms with Gasteiger partial charge in [0.05, 0.1) is 40.9 Å². The molecule has 12 nitrogen and oxygen atoms in total. The molecule has 0 bridgehead atoms. The minimum absolute atomic E-state index is 0.163. The molecule has 2 aromatic rings. The van der Waals surface area contributed by atoms with E-state index in [9.17, 15) is 19.8 Å². The molecule has 188 valence electrons. The maximum atomic E-state index is 12.5. The molecule has 0 radical (unpaired) electrons. The molecule has 35 heavy (non-hydrogen) atoms. The van der Waals surface area contributed by atoms with Gasteiger partial charge in [-0.25, -0.2) is 10.9 Å². The van der Waals surface area contributed by atoms with E-state index in [1.165, 1.54) is 65.1 Å². The number of nitrogens with one attached hydrogen (secondary N) is 2. The van der Waals surface area contributed by atoms with Crippen molar-refractivity contribution in [2.24, 2.45) is 16.1 Å². The van der Waals surface area contributed by atoms with E-state index in [1.807, 2.05) is 0 Å². The minimum atomic E-state index is -1.06. The zero-order valence-corrected chi connectivity index (χ0v) is 20.0. The average Bonchev–Trinajstić information content (AvgIpc) is 2.85. The number of phenolic OH excluding ortho intramolecular Hbond substituents is 2. The van der Waals surface area contributed by atoms with Crippen LogP contribution < -0.4 is 29.8 Å². The second-order valence-electron chi connectivity index (χ2n) is 6.98. The van der Waals surface area contributed by atoms with Crippen LogP contribution in [0.2, 0.25) is 0 Å². The molecule has 4 N–H and O–H groups in total. The van der Waals surface area contributed by atoms with Gasteiger partial charge in [0.1, 0.15) is 5.92 Å². The van der Waals surface area contributed by atoms with Gasteiger partial charge in [0.2, 0.25) is 11.5 Å². The van der Waals surface area contributed by atoms with Crippen LogP contribution in [0.25, 0.3) is 0 Å². The summed E-state index contributed by atoms with van der Waals surface area (Å²) in [4.78, 5) is 24.9. The summed E-state index contributed by atoms with van der Waals surface area (Å²) >= 11 is 0. The van der Waals surface area contributed by atoms with Crippen molar-refractivity contribution in [1.29, 1.82) is 0 Å². The smallest absolute Gasteiger partial charge is 0.252 e. The molecule has 0 aliphatic rings. The molecule has 0 fully saturated rings. The van der Waals surface area contributed by atoms with Crippen LogP contribution in [0.1, 0.15) is 24.5 Å². The van der Waals surface area contributed by atoms with Crippen molar-refractivity contribution in [1.82, 2.24) is 10.9 Å². The van der Waals surface area contributed by atoms with E-state index >= 15 is 0 Å². The Kier molecular flexibility index (Phi) is 9.70. The molecule has 0 aromatic heterocycles. The third-order valence-corrected chi connectivity index (χ3v) is 4.82. The number of amides is 2. The monoisotopic (exact) mass is 488 g/mol. The van der Waals surface area contributed by atoms with Crippen LogP contribution in [-0.2, 0) is 9.59 Å². The lowest BCUT2D eigenvalue weighted by atomic mass is 10.1. The first-order chi connectivity index (χ1) is 16.8. The second-order valence-corrected chi connectivity index (χ2v) is 6.98. The van der Waals surface area contributed by atoms with Gasteiger partial charge in [-0.15, -0.1) is 0 Å². The largest absolute Gasteiger partial charge is 0.502 e. The van der Waals surface area contributed by atoms with Gasteiger partial charge in [0.25, 0.3) is 11.8 Å². The molecule has 0 aliphatic heterocycles. The third-order valence-electron chi connectivity index (χ3n) is 4.82. The Morgan fingerprint density at radius 2 is 1.09 bits per heavy atom. The summed E-state index contributed by atoms with van der Waals surface area (Å²) in [6.07, 6.45) is 2.83. The Morgan fingerprint density at radius 1 is 0.771 bits per heavy atom. The van der Waals surface area contributed by atoms with Crippen molar-refractivity contribution in [3.05, 3.63) is 35.4 Å². The Balaban J connectivity index is 2.04. The molecule has 12 heteroatoms. The molecule has 0 unspecified atom stereocenters. The van der Waals surface area contributed by atoms with Crippen LogP contribution >= 0.6 is 0 Å². The number of benzene rings is 2. The van der Waals surface area contributed by atoms with E-state index in [-0.39, 0.29) is 40.9 Å². The van der Waals surface area contributed by atoms with Crippen molar-refractivity contribution in [2.45, 2.75) is 13.3 Å². The standard InChI is InChI=1S/C23H28N4O8/c1-6-15(22(30)26-24-11-13-7-16(32-2)20(28)17(8-13)33-3)23(31)27-25-12-14-9-18(34-4)21(29)19(10-14)35-5/h7-12,15,28-29H,6H2,1-5H3,(H,26,30)(H,27,31)/b24-11-,25-12-. The summed E-state index contributed by atoms with van der Waals surface area (Å²) in [5.41, 5.74) is 5.59. The van der Waals surface area contributed by atoms with E-state index in [0.29, 0.717) is 11.1 Å². The highest BCUT2D eigenvalue weighted by Crippen LogP contribution is 2.37. The fraction of sp³-hybridized carbons (Fsp3) is 0.304. The van der Waals surface area contributed by atoms with Crippen LogP contribution in [-0.4, -0.2) is 62.9 Å². The number of hydrogen-bond donors (Lipinski definition) is 4. The first-order valence-electron chi connectivity index (χ1n) is 10.3. The van der Waals surface area contributed by atoms with E-state index in [2.05, 4.69) is 21.1 Å². The summed E-state index contributed by atoms with van der Waals surface area (Å²) < 4.78 is 20.3. The first-order valence-corrected chi connectivity index (χ1v) is 10.3. The number of nitrogens with zero attached hydrogens (tertiary/aromatic N) is 2. The van der Waals surface area contributed by atoms with E-state index in [0.717, 1.165) is 0 Å². The van der Waals surface area contributed by atoms with Gasteiger partial charge in [0.15, 0.2) is 23.0 Å². The van der Waals surface area contributed by atoms with Crippen molar-refractivity contribution < 1.29 is 38.7 Å². The van der Waals surface area contributed by atoms with Crippen LogP contribution in [0.15, 0.2) is 34.5 Å². The van der Waals surface area contributed by atoms with Gasteiger partial charge >= 0.3 is 0 Å². The van der Waals surface area contributed by atoms with E-state index < -0.39 is 17.7 Å². The molecule has 0 atom stereocenters. The number of hydrogen-bond acceptors (Lipinski definition) is 10. The molecular formula is C23H28N4O8. The number of carbonyl (C=O) groups excluding carboxylic acids is 2. The Morgan fingerprint density at radius 3 is 1.34 bits per heavy atom. The zero-order valence-electron chi connectivity index (χ0n) is 20.0. The zero-order chi connectivity index (χ0) is 26.0. The number of carbonyl (C=O) groups is 2. The predicted octanol–water partition coefficient (Wildman–Crippen LogP) is 1.76. The van der Waals surface area contributed by atoms with E-state index in [1.54, 1.807) is 6.92 Å². The Labute approximate surface area is 202 Å². The summed E-state index contributed by atoms with van der Waals surface area (Å²) in [5, 5.41) is 27.6. The third kappa shape index (κ3) is 6.76. The molecule has 0 heterocycles. The highest BCUT2D eigenvalue weighted by molar-refractivity contribution is 6.00. The lowest BCUT2D eigenvalue weighted by Gasteiger charge is -2.11. The highest BCUT2D eigenvalue weighted by Gasteiger charge is 2.24. The molecular weight excluding hydrogens is 460 g/mol. The summed E-state index contributed by atoms with van der Waals surface area (Å²) in [7, 11) is 5.55. The maximum Gasteiger partial charge on any atom is 0.252 e. The number of methoxy groups -OCH3 is 4. The lowest BCUT2D eigenvalue weighted by Crippen LogP contribution is -2.37. The topological polar surface area (TPSA) is 160 Å². The van der Waals surface area contributed by atoms with Crippen molar-refractivity contribution in [2.75, 3.05) is 28.4 Å². The summed E-state index contributed by atoms with van der Waals surface area (Å²) in [6, 6.07) is 6.00. The Hall–Kier alpha value is -4.48. The van der Waals surface area contributed by atoms with Gasteiger partial charge in [-0.2, -0.15) is 10.2 Å². The van der Waals surface area contributed by atoms with Crippen molar-refractivity contribution in [3.8, 4) is 34.5 Å². The number of rotatable bonds is 11. The summed E-state index contributed by atoms with van der Waals surface area (Å²) in [5.74, 6) is -1.97. The average molecular weight is 488 g/mol. The first kappa shape index (κ1) is 26.8. The summed E-state index contributed by atoms with van der Waals surface area (Å²) in [6.45, 7) is 1.67. The van der Waals surface area contributed by atoms with Crippen molar-refractivity contribution >= 4 is 24.2 Å². The number of aromatic hydroxyl groups is 2. The van der Waals surface area contributed by atoms with Crippen molar-refractivity contribution in [3.63, 3.8) is 0 Å². The normalized spacial score (nSPS) is 11.0. The molecule has 2 aromatic carbocycles. The molecule has 0 saturated heterocycles. The Bertz CT molecular complexity index is 981. The number of phenols is 2. The predicted molar refractivity (Wildman–Crippen MR) is 128 cm³/mol.